The number of hydrogen-bond donors (Lipinski definition) is 3. The van der Waals surface area contributed by atoms with Gasteiger partial charge in [-0.15, -0.1) is 0 Å². The molecule has 5 rings (SSSR count). The number of fused-ring (bicyclic) bond motifs is 1. The Morgan fingerprint density at radius 1 is 0.808 bits per heavy atom. The number of ether oxygens (including phenoxy) is 1. The van der Waals surface area contributed by atoms with E-state index in [1.54, 1.807) is 13.3 Å². The van der Waals surface area contributed by atoms with Gasteiger partial charge < -0.3 is 20.1 Å². The SMILES string of the molecule is COc1ncccc1CN1CCN(C)C(c2cn3c(-c4ccncc4)cccc3n2)C1.O=C(O)C(F)(F)F.O=C(O)C(F)(F)F.O=C(O)C(F)(F)F. The van der Waals surface area contributed by atoms with E-state index in [4.69, 9.17) is 39.4 Å². The number of rotatable bonds is 5. The minimum absolute atomic E-state index is 0.224. The van der Waals surface area contributed by atoms with E-state index in [-0.39, 0.29) is 6.04 Å². The Morgan fingerprint density at radius 2 is 1.35 bits per heavy atom. The Hall–Kier alpha value is -5.51. The van der Waals surface area contributed by atoms with Crippen LogP contribution in [0.3, 0.4) is 0 Å². The Bertz CT molecular complexity index is 1730. The highest BCUT2D eigenvalue weighted by Gasteiger charge is 2.39. The molecule has 4 aromatic rings. The number of methoxy groups -OCH3 is 1. The third kappa shape index (κ3) is 13.0. The van der Waals surface area contributed by atoms with Crippen LogP contribution in [-0.4, -0.2) is 115 Å². The summed E-state index contributed by atoms with van der Waals surface area (Å²) < 4.78 is 103. The summed E-state index contributed by atoms with van der Waals surface area (Å²) in [6.07, 6.45) is -7.65. The average molecular weight is 757 g/mol. The van der Waals surface area contributed by atoms with Crippen LogP contribution in [0, 0.1) is 0 Å². The maximum atomic E-state index is 10.6. The zero-order chi connectivity index (χ0) is 39.4. The number of carbonyl (C=O) groups is 3. The highest BCUT2D eigenvalue weighted by molar-refractivity contribution is 5.73. The largest absolute Gasteiger partial charge is 0.490 e. The quantitative estimate of drug-likeness (QED) is 0.228. The lowest BCUT2D eigenvalue weighted by molar-refractivity contribution is -0.193. The molecule has 1 saturated heterocycles. The Morgan fingerprint density at radius 3 is 1.85 bits per heavy atom. The second kappa shape index (κ2) is 18.1. The number of likely N-dealkylation sites (N-methyl/N-ethyl adjacent to an activating group) is 1. The number of pyridine rings is 3. The van der Waals surface area contributed by atoms with Crippen molar-refractivity contribution in [3.05, 3.63) is 78.5 Å². The van der Waals surface area contributed by atoms with Gasteiger partial charge in [-0.2, -0.15) is 39.5 Å². The lowest BCUT2D eigenvalue weighted by Crippen LogP contribution is -2.46. The van der Waals surface area contributed by atoms with Gasteiger partial charge in [0.05, 0.1) is 24.5 Å². The van der Waals surface area contributed by atoms with E-state index < -0.39 is 36.4 Å². The predicted molar refractivity (Wildman–Crippen MR) is 161 cm³/mol. The van der Waals surface area contributed by atoms with E-state index >= 15 is 0 Å². The van der Waals surface area contributed by atoms with Crippen molar-refractivity contribution in [1.29, 1.82) is 0 Å². The van der Waals surface area contributed by atoms with E-state index in [1.165, 1.54) is 0 Å². The van der Waals surface area contributed by atoms with Crippen molar-refractivity contribution in [2.24, 2.45) is 0 Å². The number of alkyl halides is 9. The molecule has 22 heteroatoms. The fourth-order valence-electron chi connectivity index (χ4n) is 4.31. The Labute approximate surface area is 287 Å². The molecule has 3 N–H and O–H groups in total. The number of aromatic nitrogens is 4. The monoisotopic (exact) mass is 756 g/mol. The summed E-state index contributed by atoms with van der Waals surface area (Å²) in [5.74, 6) is -7.57. The summed E-state index contributed by atoms with van der Waals surface area (Å²) in [7, 11) is 3.86. The second-order valence-corrected chi connectivity index (χ2v) is 10.4. The van der Waals surface area contributed by atoms with Crippen LogP contribution in [-0.2, 0) is 20.9 Å². The van der Waals surface area contributed by atoms with Crippen LogP contribution in [0.25, 0.3) is 16.9 Å². The first kappa shape index (κ1) is 42.7. The smallest absolute Gasteiger partial charge is 0.481 e. The molecule has 52 heavy (non-hydrogen) atoms. The van der Waals surface area contributed by atoms with Crippen molar-refractivity contribution >= 4 is 23.6 Å². The van der Waals surface area contributed by atoms with Crippen LogP contribution in [0.4, 0.5) is 39.5 Å². The van der Waals surface area contributed by atoms with Crippen molar-refractivity contribution in [2.75, 3.05) is 33.8 Å². The van der Waals surface area contributed by atoms with E-state index in [0.717, 1.165) is 54.3 Å². The highest BCUT2D eigenvalue weighted by atomic mass is 19.4. The molecule has 0 spiro atoms. The molecule has 0 aromatic carbocycles. The molecule has 284 valence electrons. The summed E-state index contributed by atoms with van der Waals surface area (Å²) in [6.45, 7) is 3.71. The second-order valence-electron chi connectivity index (χ2n) is 10.4. The maximum absolute atomic E-state index is 10.6. The molecule has 4 aromatic heterocycles. The summed E-state index contributed by atoms with van der Waals surface area (Å²) in [5.41, 5.74) is 5.42. The van der Waals surface area contributed by atoms with Crippen molar-refractivity contribution in [3.8, 4) is 17.1 Å². The molecule has 13 nitrogen and oxygen atoms in total. The molecular weight excluding hydrogens is 727 g/mol. The first-order valence-corrected chi connectivity index (χ1v) is 14.3. The molecule has 1 fully saturated rings. The lowest BCUT2D eigenvalue weighted by Gasteiger charge is -2.38. The number of imidazole rings is 1. The Kier molecular flexibility index (Phi) is 14.9. The minimum Gasteiger partial charge on any atom is -0.481 e. The van der Waals surface area contributed by atoms with Gasteiger partial charge in [0.25, 0.3) is 0 Å². The third-order valence-electron chi connectivity index (χ3n) is 6.73. The van der Waals surface area contributed by atoms with Gasteiger partial charge in [0, 0.05) is 62.1 Å². The Balaban J connectivity index is 0.000000365. The van der Waals surface area contributed by atoms with Gasteiger partial charge in [0.2, 0.25) is 5.88 Å². The number of carboxylic acid groups (broad SMARTS) is 3. The van der Waals surface area contributed by atoms with Gasteiger partial charge >= 0.3 is 36.4 Å². The first-order chi connectivity index (χ1) is 24.1. The number of hydrogen-bond acceptors (Lipinski definition) is 9. The fraction of sp³-hybridized carbons (Fsp3) is 0.333. The van der Waals surface area contributed by atoms with Gasteiger partial charge in [0.15, 0.2) is 0 Å². The van der Waals surface area contributed by atoms with Crippen LogP contribution in [0.5, 0.6) is 5.88 Å². The summed E-state index contributed by atoms with van der Waals surface area (Å²) in [6, 6.07) is 14.6. The number of nitrogens with zero attached hydrogens (tertiary/aromatic N) is 6. The number of aliphatic carboxylic acids is 3. The molecule has 5 heterocycles. The predicted octanol–water partition coefficient (Wildman–Crippen LogP) is 5.19. The van der Waals surface area contributed by atoms with E-state index in [9.17, 15) is 39.5 Å². The normalized spacial score (nSPS) is 15.2. The van der Waals surface area contributed by atoms with Gasteiger partial charge in [0.1, 0.15) is 5.65 Å². The molecule has 0 saturated carbocycles. The van der Waals surface area contributed by atoms with E-state index in [2.05, 4.69) is 61.7 Å². The van der Waals surface area contributed by atoms with Crippen molar-refractivity contribution in [3.63, 3.8) is 0 Å². The molecule has 1 aliphatic rings. The summed E-state index contributed by atoms with van der Waals surface area (Å²) in [4.78, 5) is 45.0. The van der Waals surface area contributed by atoms with Crippen LogP contribution in [0.1, 0.15) is 17.3 Å². The van der Waals surface area contributed by atoms with E-state index in [0.29, 0.717) is 5.88 Å². The van der Waals surface area contributed by atoms with Crippen LogP contribution in [0.15, 0.2) is 67.3 Å². The van der Waals surface area contributed by atoms with Gasteiger partial charge in [-0.3, -0.25) is 19.2 Å². The van der Waals surface area contributed by atoms with Crippen LogP contribution in [0.2, 0.25) is 0 Å². The maximum Gasteiger partial charge on any atom is 0.490 e. The lowest BCUT2D eigenvalue weighted by atomic mass is 10.1. The molecule has 0 radical (unpaired) electrons. The number of halogens is 9. The molecule has 0 bridgehead atoms. The van der Waals surface area contributed by atoms with Crippen molar-refractivity contribution in [2.45, 2.75) is 31.1 Å². The zero-order valence-corrected chi connectivity index (χ0v) is 26.8. The van der Waals surface area contributed by atoms with Gasteiger partial charge in [-0.1, -0.05) is 12.1 Å². The minimum atomic E-state index is -5.08. The molecule has 0 amide bonds. The van der Waals surface area contributed by atoms with Crippen LogP contribution >= 0.6 is 0 Å². The van der Waals surface area contributed by atoms with Gasteiger partial charge in [-0.05, 0) is 37.4 Å². The van der Waals surface area contributed by atoms with E-state index in [1.807, 2.05) is 30.6 Å². The van der Waals surface area contributed by atoms with Crippen LogP contribution < -0.4 is 4.74 Å². The average Bonchev–Trinajstić information content (AvgIpc) is 3.50. The molecular formula is C30H29F9N6O7. The number of piperazine rings is 1. The highest BCUT2D eigenvalue weighted by Crippen LogP contribution is 2.28. The fourth-order valence-corrected chi connectivity index (χ4v) is 4.31. The van der Waals surface area contributed by atoms with Crippen molar-refractivity contribution in [1.82, 2.24) is 29.2 Å². The summed E-state index contributed by atoms with van der Waals surface area (Å²) >= 11 is 0. The van der Waals surface area contributed by atoms with Gasteiger partial charge in [-0.25, -0.2) is 24.4 Å². The molecule has 1 atom stereocenters. The molecule has 1 aliphatic heterocycles. The van der Waals surface area contributed by atoms with Crippen molar-refractivity contribution < 1.29 is 74.0 Å². The third-order valence-corrected chi connectivity index (χ3v) is 6.73. The standard InChI is InChI=1S/C24H26N6O.3C2HF3O2/c1-28-13-14-29(15-19-5-4-10-26-24(19)31-2)17-22(28)20-16-30-21(6-3-7-23(30)27-20)18-8-11-25-12-9-18;3*3-2(4,5)1(6)7/h3-12,16,22H,13-15,17H2,1-2H3;3*(H,6,7). The number of carboxylic acids is 3. The zero-order valence-electron chi connectivity index (χ0n) is 26.8. The topological polar surface area (TPSA) is 171 Å². The summed E-state index contributed by atoms with van der Waals surface area (Å²) in [5, 5.41) is 21.4. The molecule has 0 aliphatic carbocycles. The molecule has 1 unspecified atom stereocenters. The first-order valence-electron chi connectivity index (χ1n) is 14.3.